The topological polar surface area (TPSA) is 41.6 Å². The normalized spacial score (nSPS) is 14.8. The zero-order valence-corrected chi connectivity index (χ0v) is 17.2. The SMILES string of the molecule is O=C(NCCSCc1c(F)cccc1Cl)c1cccc(CN2CCOCC2)c1. The smallest absolute Gasteiger partial charge is 0.251 e. The first kappa shape index (κ1) is 21.1. The number of benzene rings is 2. The molecule has 1 N–H and O–H groups in total. The number of hydrogen-bond donors (Lipinski definition) is 1. The lowest BCUT2D eigenvalue weighted by atomic mass is 10.1. The minimum absolute atomic E-state index is 0.0895. The molecule has 7 heteroatoms. The first-order valence-electron chi connectivity index (χ1n) is 9.31. The fourth-order valence-electron chi connectivity index (χ4n) is 3.01. The van der Waals surface area contributed by atoms with Crippen molar-refractivity contribution in [3.63, 3.8) is 0 Å². The van der Waals surface area contributed by atoms with E-state index in [2.05, 4.69) is 10.2 Å². The molecule has 1 aliphatic heterocycles. The van der Waals surface area contributed by atoms with Gasteiger partial charge in [-0.25, -0.2) is 4.39 Å². The molecule has 0 atom stereocenters. The Balaban J connectivity index is 1.42. The Kier molecular flexibility index (Phi) is 8.15. The fourth-order valence-corrected chi connectivity index (χ4v) is 4.21. The van der Waals surface area contributed by atoms with E-state index in [-0.39, 0.29) is 11.7 Å². The van der Waals surface area contributed by atoms with Crippen LogP contribution >= 0.6 is 23.4 Å². The molecule has 150 valence electrons. The molecule has 1 fully saturated rings. The van der Waals surface area contributed by atoms with Gasteiger partial charge in [-0.05, 0) is 29.8 Å². The summed E-state index contributed by atoms with van der Waals surface area (Å²) in [6, 6.07) is 12.4. The van der Waals surface area contributed by atoms with Crippen molar-refractivity contribution in [2.45, 2.75) is 12.3 Å². The van der Waals surface area contributed by atoms with Crippen LogP contribution < -0.4 is 5.32 Å². The van der Waals surface area contributed by atoms with E-state index in [1.54, 1.807) is 23.9 Å². The highest BCUT2D eigenvalue weighted by atomic mass is 35.5. The minimum atomic E-state index is -0.291. The molecule has 3 rings (SSSR count). The van der Waals surface area contributed by atoms with Gasteiger partial charge < -0.3 is 10.1 Å². The van der Waals surface area contributed by atoms with Crippen molar-refractivity contribution in [2.24, 2.45) is 0 Å². The zero-order chi connectivity index (χ0) is 19.8. The van der Waals surface area contributed by atoms with Crippen LogP contribution in [0.15, 0.2) is 42.5 Å². The predicted molar refractivity (Wildman–Crippen MR) is 112 cm³/mol. The highest BCUT2D eigenvalue weighted by molar-refractivity contribution is 7.98. The number of nitrogens with zero attached hydrogens (tertiary/aromatic N) is 1. The van der Waals surface area contributed by atoms with Gasteiger partial charge in [-0.3, -0.25) is 9.69 Å². The Morgan fingerprint density at radius 2 is 2.00 bits per heavy atom. The van der Waals surface area contributed by atoms with Crippen molar-refractivity contribution in [3.05, 3.63) is 70.0 Å². The van der Waals surface area contributed by atoms with Crippen LogP contribution in [0.1, 0.15) is 21.5 Å². The Hall–Kier alpha value is -1.60. The number of ether oxygens (including phenoxy) is 1. The standard InChI is InChI=1S/C21H24ClFN2O2S/c22-19-5-2-6-20(23)18(19)15-28-12-7-24-21(26)17-4-1-3-16(13-17)14-25-8-10-27-11-9-25/h1-6,13H,7-12,14-15H2,(H,24,26). The third kappa shape index (κ3) is 6.21. The van der Waals surface area contributed by atoms with Gasteiger partial charge >= 0.3 is 0 Å². The highest BCUT2D eigenvalue weighted by Gasteiger charge is 2.12. The zero-order valence-electron chi connectivity index (χ0n) is 15.6. The fraction of sp³-hybridized carbons (Fsp3) is 0.381. The second-order valence-corrected chi connectivity index (χ2v) is 8.11. The van der Waals surface area contributed by atoms with Crippen LogP contribution in [0.3, 0.4) is 0 Å². The summed E-state index contributed by atoms with van der Waals surface area (Å²) < 4.78 is 19.1. The Morgan fingerprint density at radius 1 is 1.21 bits per heavy atom. The maximum Gasteiger partial charge on any atom is 0.251 e. The number of amides is 1. The van der Waals surface area contributed by atoms with E-state index in [0.717, 1.165) is 38.4 Å². The number of carbonyl (C=O) groups is 1. The molecule has 2 aromatic carbocycles. The van der Waals surface area contributed by atoms with Crippen molar-refractivity contribution in [1.82, 2.24) is 10.2 Å². The van der Waals surface area contributed by atoms with Gasteiger partial charge in [0.1, 0.15) is 5.82 Å². The van der Waals surface area contributed by atoms with E-state index in [4.69, 9.17) is 16.3 Å². The number of carbonyl (C=O) groups excluding carboxylic acids is 1. The number of thioether (sulfide) groups is 1. The van der Waals surface area contributed by atoms with E-state index in [1.807, 2.05) is 24.3 Å². The summed E-state index contributed by atoms with van der Waals surface area (Å²) in [4.78, 5) is 14.7. The Morgan fingerprint density at radius 3 is 2.79 bits per heavy atom. The van der Waals surface area contributed by atoms with Gasteiger partial charge in [-0.15, -0.1) is 0 Å². The van der Waals surface area contributed by atoms with E-state index in [0.29, 0.717) is 34.2 Å². The quantitative estimate of drug-likeness (QED) is 0.653. The summed E-state index contributed by atoms with van der Waals surface area (Å²) in [5, 5.41) is 3.36. The third-order valence-corrected chi connectivity index (χ3v) is 5.88. The van der Waals surface area contributed by atoms with Gasteiger partial charge in [0.15, 0.2) is 0 Å². The number of hydrogen-bond acceptors (Lipinski definition) is 4. The molecule has 0 aliphatic carbocycles. The lowest BCUT2D eigenvalue weighted by Crippen LogP contribution is -2.35. The molecule has 1 saturated heterocycles. The van der Waals surface area contributed by atoms with E-state index >= 15 is 0 Å². The largest absolute Gasteiger partial charge is 0.379 e. The van der Waals surface area contributed by atoms with E-state index in [9.17, 15) is 9.18 Å². The highest BCUT2D eigenvalue weighted by Crippen LogP contribution is 2.23. The summed E-state index contributed by atoms with van der Waals surface area (Å²) in [6.07, 6.45) is 0. The molecule has 0 radical (unpaired) electrons. The number of nitrogens with one attached hydrogen (secondary N) is 1. The molecule has 1 aliphatic rings. The van der Waals surface area contributed by atoms with Crippen molar-refractivity contribution < 1.29 is 13.9 Å². The molecule has 0 spiro atoms. The van der Waals surface area contributed by atoms with Crippen LogP contribution in [0.5, 0.6) is 0 Å². The summed E-state index contributed by atoms with van der Waals surface area (Å²) >= 11 is 7.56. The number of morpholine rings is 1. The first-order chi connectivity index (χ1) is 13.6. The molecule has 1 heterocycles. The summed E-state index contributed by atoms with van der Waals surface area (Å²) in [5.74, 6) is 0.787. The van der Waals surface area contributed by atoms with Crippen molar-refractivity contribution in [1.29, 1.82) is 0 Å². The molecular weight excluding hydrogens is 399 g/mol. The number of halogens is 2. The van der Waals surface area contributed by atoms with Gasteiger partial charge in [0.25, 0.3) is 5.91 Å². The average molecular weight is 423 g/mol. The first-order valence-corrected chi connectivity index (χ1v) is 10.8. The molecule has 28 heavy (non-hydrogen) atoms. The van der Waals surface area contributed by atoms with Gasteiger partial charge in [-0.1, -0.05) is 29.8 Å². The molecule has 0 aromatic heterocycles. The van der Waals surface area contributed by atoms with Crippen LogP contribution in [-0.4, -0.2) is 49.4 Å². The van der Waals surface area contributed by atoms with Crippen molar-refractivity contribution >= 4 is 29.3 Å². The van der Waals surface area contributed by atoms with Crippen molar-refractivity contribution in [3.8, 4) is 0 Å². The van der Waals surface area contributed by atoms with Crippen LogP contribution in [0.2, 0.25) is 5.02 Å². The Labute approximate surface area is 174 Å². The summed E-state index contributed by atoms with van der Waals surface area (Å²) in [5.41, 5.74) is 2.29. The second kappa shape index (κ2) is 10.8. The maximum absolute atomic E-state index is 13.7. The van der Waals surface area contributed by atoms with Crippen molar-refractivity contribution in [2.75, 3.05) is 38.6 Å². The van der Waals surface area contributed by atoms with Gasteiger partial charge in [0, 0.05) is 53.8 Å². The van der Waals surface area contributed by atoms with Crippen LogP contribution in [0.4, 0.5) is 4.39 Å². The average Bonchev–Trinajstić information content (AvgIpc) is 2.70. The van der Waals surface area contributed by atoms with Crippen LogP contribution in [0.25, 0.3) is 0 Å². The van der Waals surface area contributed by atoms with E-state index < -0.39 is 0 Å². The molecule has 0 bridgehead atoms. The minimum Gasteiger partial charge on any atom is -0.379 e. The van der Waals surface area contributed by atoms with Gasteiger partial charge in [0.2, 0.25) is 0 Å². The summed E-state index contributed by atoms with van der Waals surface area (Å²) in [6.45, 7) is 4.69. The van der Waals surface area contributed by atoms with Gasteiger partial charge in [0.05, 0.1) is 13.2 Å². The maximum atomic E-state index is 13.7. The monoisotopic (exact) mass is 422 g/mol. The lowest BCUT2D eigenvalue weighted by molar-refractivity contribution is 0.0342. The molecule has 0 unspecified atom stereocenters. The van der Waals surface area contributed by atoms with E-state index in [1.165, 1.54) is 6.07 Å². The lowest BCUT2D eigenvalue weighted by Gasteiger charge is -2.26. The van der Waals surface area contributed by atoms with Crippen LogP contribution in [-0.2, 0) is 17.0 Å². The van der Waals surface area contributed by atoms with Crippen LogP contribution in [0, 0.1) is 5.82 Å². The number of rotatable bonds is 8. The molecule has 4 nitrogen and oxygen atoms in total. The Bertz CT molecular complexity index is 779. The molecule has 1 amide bonds. The molecule has 2 aromatic rings. The second-order valence-electron chi connectivity index (χ2n) is 6.60. The third-order valence-electron chi connectivity index (χ3n) is 4.54. The summed E-state index contributed by atoms with van der Waals surface area (Å²) in [7, 11) is 0. The van der Waals surface area contributed by atoms with Gasteiger partial charge in [-0.2, -0.15) is 11.8 Å². The predicted octanol–water partition coefficient (Wildman–Crippen LogP) is 3.97. The molecular formula is C21H24ClFN2O2S. The molecule has 0 saturated carbocycles.